The highest BCUT2D eigenvalue weighted by molar-refractivity contribution is 6.10. The van der Waals surface area contributed by atoms with Gasteiger partial charge in [-0.25, -0.2) is 0 Å². The zero-order valence-electron chi connectivity index (χ0n) is 13.8. The quantitative estimate of drug-likeness (QED) is 0.689. The van der Waals surface area contributed by atoms with Crippen molar-refractivity contribution in [2.75, 3.05) is 0 Å². The Morgan fingerprint density at radius 1 is 1.09 bits per heavy atom. The summed E-state index contributed by atoms with van der Waals surface area (Å²) in [5, 5.41) is 9.40. The maximum absolute atomic E-state index is 12.7. The Kier molecular flexibility index (Phi) is 2.97. The van der Waals surface area contributed by atoms with Gasteiger partial charge in [0, 0.05) is 10.8 Å². The Labute approximate surface area is 135 Å². The summed E-state index contributed by atoms with van der Waals surface area (Å²) in [6.07, 6.45) is 6.47. The number of rotatable bonds is 0. The number of fused-ring (bicyclic) bond motifs is 3. The van der Waals surface area contributed by atoms with Crippen molar-refractivity contribution in [1.29, 1.82) is 5.26 Å². The van der Waals surface area contributed by atoms with Gasteiger partial charge in [0.25, 0.3) is 0 Å². The first-order chi connectivity index (χ1) is 10.6. The van der Waals surface area contributed by atoms with Crippen molar-refractivity contribution >= 4 is 17.3 Å². The minimum atomic E-state index is -0.893. The van der Waals surface area contributed by atoms with Crippen molar-refractivity contribution in [1.82, 2.24) is 0 Å². The zero-order valence-corrected chi connectivity index (χ0v) is 13.8. The van der Waals surface area contributed by atoms with Crippen LogP contribution in [0.1, 0.15) is 34.1 Å². The van der Waals surface area contributed by atoms with Gasteiger partial charge >= 0.3 is 0 Å². The largest absolute Gasteiger partial charge is 0.297 e. The molecule has 0 aromatic rings. The zero-order chi connectivity index (χ0) is 17.2. The van der Waals surface area contributed by atoms with Crippen LogP contribution in [0, 0.1) is 33.5 Å². The van der Waals surface area contributed by atoms with Gasteiger partial charge in [-0.2, -0.15) is 5.26 Å². The Bertz CT molecular complexity index is 790. The van der Waals surface area contributed by atoms with Crippen LogP contribution in [0.25, 0.3) is 0 Å². The molecular formula is C19H19NO3. The third-order valence-electron chi connectivity index (χ3n) is 5.78. The third-order valence-corrected chi connectivity index (χ3v) is 5.78. The normalized spacial score (nSPS) is 38.2. The van der Waals surface area contributed by atoms with Crippen LogP contribution in [-0.4, -0.2) is 17.3 Å². The summed E-state index contributed by atoms with van der Waals surface area (Å²) in [5.74, 6) is -1.16. The molecule has 3 rings (SSSR count). The summed E-state index contributed by atoms with van der Waals surface area (Å²) in [6, 6.07) is 2.11. The van der Waals surface area contributed by atoms with E-state index >= 15 is 0 Å². The molecule has 4 heteroatoms. The van der Waals surface area contributed by atoms with Gasteiger partial charge in [-0.1, -0.05) is 13.0 Å². The second-order valence-electron chi connectivity index (χ2n) is 7.63. The van der Waals surface area contributed by atoms with Crippen LogP contribution in [0.5, 0.6) is 0 Å². The van der Waals surface area contributed by atoms with Crippen molar-refractivity contribution in [2.45, 2.75) is 34.1 Å². The maximum atomic E-state index is 12.7. The van der Waals surface area contributed by atoms with Crippen molar-refractivity contribution in [3.63, 3.8) is 0 Å². The molecule has 0 radical (unpaired) electrons. The van der Waals surface area contributed by atoms with Crippen LogP contribution < -0.4 is 0 Å². The number of nitrogens with zero attached hydrogens (tertiary/aromatic N) is 1. The summed E-state index contributed by atoms with van der Waals surface area (Å²) in [6.45, 7) is 7.27. The molecule has 0 bridgehead atoms. The highest BCUT2D eigenvalue weighted by atomic mass is 16.1. The van der Waals surface area contributed by atoms with E-state index in [0.29, 0.717) is 12.0 Å². The predicted molar refractivity (Wildman–Crippen MR) is 84.0 cm³/mol. The number of Topliss-reactive ketones (excluding diaryl/α,β-unsaturated/α-hetero) is 1. The molecule has 23 heavy (non-hydrogen) atoms. The standard InChI is InChI=1S/C19H19NO3/c1-17(2)13-8-15(22)18(3)6-5-12(21)7-14(18)19(13,4)9-11(10-20)16(17)23/h5-8,11H,9H2,1-4H3/t11?,18-,19-/m0/s1. The van der Waals surface area contributed by atoms with E-state index in [-0.39, 0.29) is 17.3 Å². The van der Waals surface area contributed by atoms with Crippen LogP contribution >= 0.6 is 0 Å². The predicted octanol–water partition coefficient (Wildman–Crippen LogP) is 2.71. The van der Waals surface area contributed by atoms with E-state index in [2.05, 4.69) is 6.07 Å². The smallest absolute Gasteiger partial charge is 0.178 e. The van der Waals surface area contributed by atoms with Gasteiger partial charge in [0.15, 0.2) is 17.3 Å². The summed E-state index contributed by atoms with van der Waals surface area (Å²) in [7, 11) is 0. The van der Waals surface area contributed by atoms with Crippen LogP contribution in [0.3, 0.4) is 0 Å². The maximum Gasteiger partial charge on any atom is 0.178 e. The number of hydrogen-bond donors (Lipinski definition) is 0. The molecule has 0 N–H and O–H groups in total. The highest BCUT2D eigenvalue weighted by Crippen LogP contribution is 2.61. The molecule has 0 saturated heterocycles. The molecule has 3 aliphatic rings. The van der Waals surface area contributed by atoms with E-state index in [1.807, 2.05) is 6.92 Å². The van der Waals surface area contributed by atoms with Gasteiger partial charge in [-0.3, -0.25) is 14.4 Å². The van der Waals surface area contributed by atoms with Gasteiger partial charge in [0.1, 0.15) is 5.92 Å². The number of nitriles is 1. The highest BCUT2D eigenvalue weighted by Gasteiger charge is 2.59. The van der Waals surface area contributed by atoms with Crippen molar-refractivity contribution in [3.05, 3.63) is 35.5 Å². The van der Waals surface area contributed by atoms with Crippen molar-refractivity contribution < 1.29 is 14.4 Å². The van der Waals surface area contributed by atoms with E-state index in [1.54, 1.807) is 32.9 Å². The van der Waals surface area contributed by atoms with E-state index in [1.165, 1.54) is 12.2 Å². The summed E-state index contributed by atoms with van der Waals surface area (Å²) < 4.78 is 0. The van der Waals surface area contributed by atoms with Crippen LogP contribution in [0.2, 0.25) is 0 Å². The van der Waals surface area contributed by atoms with E-state index in [9.17, 15) is 19.6 Å². The topological polar surface area (TPSA) is 75.0 Å². The number of carbonyl (C=O) groups is 3. The van der Waals surface area contributed by atoms with Gasteiger partial charge in [-0.15, -0.1) is 0 Å². The minimum absolute atomic E-state index is 0.115. The molecular weight excluding hydrogens is 290 g/mol. The van der Waals surface area contributed by atoms with Crippen molar-refractivity contribution in [3.8, 4) is 6.07 Å². The molecule has 4 nitrogen and oxygen atoms in total. The van der Waals surface area contributed by atoms with Gasteiger partial charge < -0.3 is 0 Å². The average Bonchev–Trinajstić information content (AvgIpc) is 2.49. The lowest BCUT2D eigenvalue weighted by Crippen LogP contribution is -2.53. The summed E-state index contributed by atoms with van der Waals surface area (Å²) >= 11 is 0. The number of ketones is 3. The van der Waals surface area contributed by atoms with E-state index in [0.717, 1.165) is 5.57 Å². The molecule has 0 aromatic carbocycles. The third kappa shape index (κ3) is 1.80. The first kappa shape index (κ1) is 15.6. The fraction of sp³-hybridized carbons (Fsp3) is 0.474. The second-order valence-corrected chi connectivity index (χ2v) is 7.63. The molecule has 118 valence electrons. The van der Waals surface area contributed by atoms with Crippen LogP contribution in [0.4, 0.5) is 0 Å². The fourth-order valence-electron chi connectivity index (χ4n) is 4.48. The lowest BCUT2D eigenvalue weighted by Gasteiger charge is -2.54. The molecule has 0 amide bonds. The first-order valence-electron chi connectivity index (χ1n) is 7.74. The van der Waals surface area contributed by atoms with Gasteiger partial charge in [0.2, 0.25) is 0 Å². The first-order valence-corrected chi connectivity index (χ1v) is 7.74. The molecule has 3 aliphatic carbocycles. The Morgan fingerprint density at radius 3 is 2.35 bits per heavy atom. The summed E-state index contributed by atoms with van der Waals surface area (Å²) in [4.78, 5) is 37.3. The molecule has 1 saturated carbocycles. The molecule has 3 atom stereocenters. The van der Waals surface area contributed by atoms with E-state index in [4.69, 9.17) is 0 Å². The molecule has 0 heterocycles. The SMILES string of the molecule is CC1(C)C(=O)C(C#N)C[C@@]2(C)C1=CC(=O)[C@@]1(C)C=CC(=O)C=C12. The average molecular weight is 309 g/mol. The van der Waals surface area contributed by atoms with Crippen molar-refractivity contribution in [2.24, 2.45) is 22.2 Å². The van der Waals surface area contributed by atoms with Crippen LogP contribution in [0.15, 0.2) is 35.5 Å². The van der Waals surface area contributed by atoms with Crippen LogP contribution in [-0.2, 0) is 14.4 Å². The number of allylic oxidation sites excluding steroid dienone is 6. The summed E-state index contributed by atoms with van der Waals surface area (Å²) in [5.41, 5.74) is -0.974. The molecule has 0 aromatic heterocycles. The molecule has 1 fully saturated rings. The Morgan fingerprint density at radius 2 is 1.74 bits per heavy atom. The second kappa shape index (κ2) is 4.38. The fourth-order valence-corrected chi connectivity index (χ4v) is 4.48. The Balaban J connectivity index is 2.32. The minimum Gasteiger partial charge on any atom is -0.297 e. The van der Waals surface area contributed by atoms with Gasteiger partial charge in [-0.05, 0) is 56.6 Å². The van der Waals surface area contributed by atoms with E-state index < -0.39 is 22.2 Å². The molecule has 0 aliphatic heterocycles. The number of carbonyl (C=O) groups excluding carboxylic acids is 3. The number of hydrogen-bond acceptors (Lipinski definition) is 4. The van der Waals surface area contributed by atoms with Gasteiger partial charge in [0.05, 0.1) is 11.5 Å². The lowest BCUT2D eigenvalue weighted by molar-refractivity contribution is -0.132. The monoisotopic (exact) mass is 309 g/mol. The molecule has 1 unspecified atom stereocenters. The molecule has 0 spiro atoms. The lowest BCUT2D eigenvalue weighted by atomic mass is 9.47. The Hall–Kier alpha value is -2.28.